The van der Waals surface area contributed by atoms with Crippen LogP contribution in [0, 0.1) is 11.8 Å². The third kappa shape index (κ3) is 3.98. The lowest BCUT2D eigenvalue weighted by Crippen LogP contribution is -2.28. The van der Waals surface area contributed by atoms with Crippen LogP contribution in [0.5, 0.6) is 11.6 Å². The topological polar surface area (TPSA) is 119 Å². The number of likely N-dealkylation sites (tertiary alicyclic amines) is 1. The Hall–Kier alpha value is -3.98. The summed E-state index contributed by atoms with van der Waals surface area (Å²) in [6.07, 6.45) is 2.78. The molecule has 2 aliphatic rings. The number of fused-ring (bicyclic) bond motifs is 2. The van der Waals surface area contributed by atoms with E-state index in [0.29, 0.717) is 23.5 Å². The van der Waals surface area contributed by atoms with Crippen LogP contribution in [-0.2, 0) is 11.3 Å². The number of hydrogen-bond acceptors (Lipinski definition) is 7. The van der Waals surface area contributed by atoms with Crippen molar-refractivity contribution in [3.63, 3.8) is 0 Å². The zero-order valence-electron chi connectivity index (χ0n) is 17.7. The molecule has 1 saturated carbocycles. The van der Waals surface area contributed by atoms with Gasteiger partial charge in [0.05, 0.1) is 16.9 Å². The second-order valence-electron chi connectivity index (χ2n) is 8.54. The summed E-state index contributed by atoms with van der Waals surface area (Å²) in [6.45, 7) is 2.58. The fraction of sp³-hybridized carbons (Fsp3) is 0.250. The molecule has 6 rings (SSSR count). The van der Waals surface area contributed by atoms with Crippen LogP contribution < -0.4 is 10.5 Å². The highest BCUT2D eigenvalue weighted by Gasteiger charge is 2.58. The number of benzene rings is 1. The highest BCUT2D eigenvalue weighted by atomic mass is 16.6. The zero-order chi connectivity index (χ0) is 22.4. The summed E-state index contributed by atoms with van der Waals surface area (Å²) in [5.74, 6) is 2.03. The lowest BCUT2D eigenvalue weighted by Gasteiger charge is -2.19. The van der Waals surface area contributed by atoms with Crippen LogP contribution in [0.4, 0.5) is 4.79 Å². The molecule has 1 unspecified atom stereocenters. The number of nitrogens with two attached hydrogens (primary N) is 1. The van der Waals surface area contributed by atoms with Gasteiger partial charge < -0.3 is 15.2 Å². The first-order valence-electron chi connectivity index (χ1n) is 10.8. The number of pyridine rings is 2. The Morgan fingerprint density at radius 1 is 1.12 bits per heavy atom. The molecule has 1 aliphatic heterocycles. The Balaban J connectivity index is 1.10. The van der Waals surface area contributed by atoms with E-state index in [1.54, 1.807) is 12.4 Å². The molecule has 9 heteroatoms. The van der Waals surface area contributed by atoms with Gasteiger partial charge in [0.15, 0.2) is 0 Å². The number of primary amides is 1. The predicted octanol–water partition coefficient (Wildman–Crippen LogP) is 3.34. The molecule has 3 N–H and O–H groups in total. The van der Waals surface area contributed by atoms with Crippen LogP contribution in [0.3, 0.4) is 0 Å². The van der Waals surface area contributed by atoms with Crippen LogP contribution in [0.15, 0.2) is 60.9 Å². The van der Waals surface area contributed by atoms with Gasteiger partial charge in [0, 0.05) is 60.9 Å². The molecule has 4 aromatic rings. The third-order valence-corrected chi connectivity index (χ3v) is 6.32. The van der Waals surface area contributed by atoms with Crippen molar-refractivity contribution in [2.24, 2.45) is 17.6 Å². The number of H-pyrrole nitrogens is 1. The molecule has 3 aromatic heterocycles. The van der Waals surface area contributed by atoms with Gasteiger partial charge in [-0.1, -0.05) is 6.07 Å². The number of nitrogens with zero attached hydrogens (tertiary/aromatic N) is 4. The number of aromatic amines is 1. The van der Waals surface area contributed by atoms with Crippen molar-refractivity contribution in [2.45, 2.75) is 12.6 Å². The quantitative estimate of drug-likeness (QED) is 0.470. The van der Waals surface area contributed by atoms with E-state index in [4.69, 9.17) is 20.2 Å². The van der Waals surface area contributed by atoms with E-state index in [0.717, 1.165) is 47.5 Å². The first kappa shape index (κ1) is 19.7. The van der Waals surface area contributed by atoms with E-state index >= 15 is 0 Å². The Bertz CT molecular complexity index is 1300. The van der Waals surface area contributed by atoms with Crippen LogP contribution in [-0.4, -0.2) is 50.4 Å². The number of nitrogens with one attached hydrogen (secondary N) is 1. The Kier molecular flexibility index (Phi) is 4.69. The van der Waals surface area contributed by atoms with Crippen molar-refractivity contribution < 1.29 is 14.3 Å². The minimum atomic E-state index is -0.678. The standard InChI is InChI=1S/C24H22N6O3/c25-24(31)33-23-18-12-30(13-19(18)23)11-16-3-1-14-9-17(4-5-20(14)28-16)32-22-6-2-15(10-26-22)21-7-8-27-29-21/h1-10,18-19,23H,11-13H2,(H2,25,31)(H,27,29)/t18-,19+,23?. The van der Waals surface area contributed by atoms with E-state index in [1.807, 2.05) is 42.5 Å². The van der Waals surface area contributed by atoms with Gasteiger partial charge in [0.2, 0.25) is 5.88 Å². The highest BCUT2D eigenvalue weighted by Crippen LogP contribution is 2.48. The number of amides is 1. The van der Waals surface area contributed by atoms with Gasteiger partial charge in [-0.15, -0.1) is 0 Å². The van der Waals surface area contributed by atoms with Gasteiger partial charge in [0.1, 0.15) is 11.9 Å². The molecular formula is C24H22N6O3. The minimum absolute atomic E-state index is 0.00194. The number of aromatic nitrogens is 4. The predicted molar refractivity (Wildman–Crippen MR) is 120 cm³/mol. The zero-order valence-corrected chi connectivity index (χ0v) is 17.7. The van der Waals surface area contributed by atoms with Crippen LogP contribution in [0.25, 0.3) is 22.2 Å². The number of piperidine rings is 1. The molecule has 1 aromatic carbocycles. The molecule has 3 atom stereocenters. The Morgan fingerprint density at radius 2 is 2.00 bits per heavy atom. The normalized spacial score (nSPS) is 21.6. The summed E-state index contributed by atoms with van der Waals surface area (Å²) in [5, 5.41) is 7.88. The maximum absolute atomic E-state index is 10.9. The smallest absolute Gasteiger partial charge is 0.404 e. The number of carbonyl (C=O) groups excluding carboxylic acids is 1. The molecule has 33 heavy (non-hydrogen) atoms. The lowest BCUT2D eigenvalue weighted by atomic mass is 10.2. The average Bonchev–Trinajstić information content (AvgIpc) is 3.22. The maximum Gasteiger partial charge on any atom is 0.404 e. The van der Waals surface area contributed by atoms with Gasteiger partial charge in [-0.3, -0.25) is 15.0 Å². The van der Waals surface area contributed by atoms with Crippen molar-refractivity contribution in [2.75, 3.05) is 13.1 Å². The number of ether oxygens (including phenoxy) is 2. The molecular weight excluding hydrogens is 420 g/mol. The summed E-state index contributed by atoms with van der Waals surface area (Å²) < 4.78 is 11.1. The average molecular weight is 442 g/mol. The van der Waals surface area contributed by atoms with E-state index in [1.165, 1.54) is 0 Å². The second kappa shape index (κ2) is 7.86. The highest BCUT2D eigenvalue weighted by molar-refractivity contribution is 5.80. The molecule has 1 amide bonds. The van der Waals surface area contributed by atoms with Crippen molar-refractivity contribution in [3.8, 4) is 22.9 Å². The molecule has 0 bridgehead atoms. The summed E-state index contributed by atoms with van der Waals surface area (Å²) in [4.78, 5) is 22.5. The van der Waals surface area contributed by atoms with E-state index in [-0.39, 0.29) is 6.10 Å². The van der Waals surface area contributed by atoms with Gasteiger partial charge in [-0.25, -0.2) is 9.78 Å². The summed E-state index contributed by atoms with van der Waals surface area (Å²) in [7, 11) is 0. The molecule has 0 radical (unpaired) electrons. The number of hydrogen-bond donors (Lipinski definition) is 2. The van der Waals surface area contributed by atoms with Gasteiger partial charge in [-0.05, 0) is 36.4 Å². The van der Waals surface area contributed by atoms with Crippen LogP contribution in [0.2, 0.25) is 0 Å². The molecule has 9 nitrogen and oxygen atoms in total. The molecule has 0 spiro atoms. The fourth-order valence-corrected chi connectivity index (χ4v) is 4.66. The molecule has 1 saturated heterocycles. The van der Waals surface area contributed by atoms with Crippen LogP contribution >= 0.6 is 0 Å². The first-order chi connectivity index (χ1) is 16.1. The number of rotatable bonds is 6. The van der Waals surface area contributed by atoms with Gasteiger partial charge >= 0.3 is 6.09 Å². The molecule has 1 aliphatic carbocycles. The van der Waals surface area contributed by atoms with Crippen molar-refractivity contribution in [1.29, 1.82) is 0 Å². The Morgan fingerprint density at radius 3 is 2.73 bits per heavy atom. The third-order valence-electron chi connectivity index (χ3n) is 6.32. The molecule has 2 fully saturated rings. The van der Waals surface area contributed by atoms with Crippen molar-refractivity contribution >= 4 is 17.0 Å². The van der Waals surface area contributed by atoms with E-state index < -0.39 is 6.09 Å². The SMILES string of the molecule is NC(=O)OC1[C@H]2CN(Cc3ccc4cc(Oc5ccc(-c6ccn[nH]6)cn5)ccc4n3)C[C@@H]12. The van der Waals surface area contributed by atoms with Crippen molar-refractivity contribution in [1.82, 2.24) is 25.1 Å². The van der Waals surface area contributed by atoms with E-state index in [9.17, 15) is 4.79 Å². The fourth-order valence-electron chi connectivity index (χ4n) is 4.66. The number of carbonyl (C=O) groups is 1. The maximum atomic E-state index is 10.9. The van der Waals surface area contributed by atoms with E-state index in [2.05, 4.69) is 26.1 Å². The minimum Gasteiger partial charge on any atom is -0.446 e. The molecule has 4 heterocycles. The molecule has 166 valence electrons. The monoisotopic (exact) mass is 442 g/mol. The lowest BCUT2D eigenvalue weighted by molar-refractivity contribution is 0.122. The summed E-state index contributed by atoms with van der Waals surface area (Å²) in [6, 6.07) is 15.6. The van der Waals surface area contributed by atoms with Gasteiger partial charge in [0.25, 0.3) is 0 Å². The van der Waals surface area contributed by atoms with Crippen LogP contribution in [0.1, 0.15) is 5.69 Å². The first-order valence-corrected chi connectivity index (χ1v) is 10.8. The van der Waals surface area contributed by atoms with Gasteiger partial charge in [-0.2, -0.15) is 5.10 Å². The summed E-state index contributed by atoms with van der Waals surface area (Å²) in [5.41, 5.74) is 8.91. The largest absolute Gasteiger partial charge is 0.446 e. The second-order valence-corrected chi connectivity index (χ2v) is 8.54. The summed E-state index contributed by atoms with van der Waals surface area (Å²) >= 11 is 0. The van der Waals surface area contributed by atoms with Crippen molar-refractivity contribution in [3.05, 3.63) is 66.6 Å². The Labute approximate surface area is 189 Å².